The SMILES string of the molecule is CNC(=O)COc1cc2cc(NC(/N=C(\N)N3CCC(C(=O)NCCCCN(C)C/C=C/C(=O)Nc4ccc(C(=O)Nc5n[nH]c6c5CN(C(=O)N[C@H](CN(C)C)c5ccccc5)C6(C)C)cc4)CC3)=C(/C)Cl)cc(OC)c2n(C)c1=O. The molecule has 82 heavy (non-hydrogen) atoms. The molecule has 0 saturated carbocycles. The molecule has 3 aromatic carbocycles. The predicted molar refractivity (Wildman–Crippen MR) is 319 cm³/mol. The Balaban J connectivity index is 0.791. The summed E-state index contributed by atoms with van der Waals surface area (Å²) >= 11 is 6.51. The van der Waals surface area contributed by atoms with Gasteiger partial charge in [0.05, 0.1) is 41.5 Å². The number of amides is 6. The lowest BCUT2D eigenvalue weighted by Crippen LogP contribution is -2.48. The molecule has 2 aliphatic rings. The van der Waals surface area contributed by atoms with Crippen molar-refractivity contribution in [2.45, 2.75) is 64.6 Å². The first kappa shape index (κ1) is 61.2. The van der Waals surface area contributed by atoms with E-state index in [1.54, 1.807) is 67.4 Å². The number of aromatic nitrogens is 3. The Bertz CT molecular complexity index is 3250. The Kier molecular flexibility index (Phi) is 20.8. The Morgan fingerprint density at radius 3 is 2.35 bits per heavy atom. The first-order valence-corrected chi connectivity index (χ1v) is 27.5. The molecule has 1 saturated heterocycles. The predicted octanol–water partition coefficient (Wildman–Crippen LogP) is 5.60. The second kappa shape index (κ2) is 27.8. The topological polar surface area (TPSA) is 278 Å². The van der Waals surface area contributed by atoms with Crippen LogP contribution in [0.4, 0.5) is 22.0 Å². The van der Waals surface area contributed by atoms with Gasteiger partial charge in [0.1, 0.15) is 11.6 Å². The van der Waals surface area contributed by atoms with E-state index < -0.39 is 11.1 Å². The molecule has 24 heteroatoms. The number of nitrogens with two attached hydrogens (primary N) is 1. The molecule has 0 aliphatic carbocycles. The zero-order valence-corrected chi connectivity index (χ0v) is 48.8. The van der Waals surface area contributed by atoms with Gasteiger partial charge in [0, 0.05) is 92.8 Å². The molecule has 23 nitrogen and oxygen atoms in total. The number of anilines is 3. The number of H-pyrrole nitrogens is 1. The number of fused-ring (bicyclic) bond motifs is 2. The number of unbranched alkanes of at least 4 members (excludes halogenated alkanes) is 1. The van der Waals surface area contributed by atoms with Crippen molar-refractivity contribution in [3.63, 3.8) is 0 Å². The number of benzene rings is 3. The van der Waals surface area contributed by atoms with Gasteiger partial charge in [-0.2, -0.15) is 10.1 Å². The van der Waals surface area contributed by atoms with E-state index in [0.717, 1.165) is 36.2 Å². The van der Waals surface area contributed by atoms with Crippen LogP contribution >= 0.6 is 11.6 Å². The number of carbonyl (C=O) groups is 5. The van der Waals surface area contributed by atoms with Crippen LogP contribution in [0.1, 0.15) is 79.7 Å². The molecule has 0 spiro atoms. The lowest BCUT2D eigenvalue weighted by molar-refractivity contribution is -0.126. The molecule has 0 unspecified atom stereocenters. The molecule has 1 atom stereocenters. The van der Waals surface area contributed by atoms with Gasteiger partial charge >= 0.3 is 6.03 Å². The number of halogens is 1. The molecule has 7 rings (SSSR count). The number of hydrogen-bond donors (Lipinski definition) is 8. The lowest BCUT2D eigenvalue weighted by Gasteiger charge is -2.34. The standard InChI is InChI=1S/C58H76ClN15O8/c1-36(59)51(64-42-30-40-31-46(82-35-48(76)61-4)55(79)72(8)49(40)45(32-42)81-9)67-56(60)73-28-23-39(24-29-73)53(77)62-25-13-14-26-71(7)27-15-18-47(75)63-41-21-19-38(20-22-41)54(78)66-52-43-33-74(58(2,3)50(43)68-69-52)57(80)65-44(34-70(5)6)37-16-11-10-12-17-37/h10-12,15-22,30-32,39,44,64H,13-14,23-29,33-35H2,1-9H3,(H2,60,67)(H,61,76)(H,62,77)(H,63,75)(H,65,80)(H2,66,68,69,78)/b18-15+,51-36+/t44-/m1/s1. The number of methoxy groups -OCH3 is 1. The Morgan fingerprint density at radius 2 is 1.68 bits per heavy atom. The summed E-state index contributed by atoms with van der Waals surface area (Å²) in [6.07, 6.45) is 6.07. The van der Waals surface area contributed by atoms with Gasteiger partial charge < -0.3 is 71.3 Å². The summed E-state index contributed by atoms with van der Waals surface area (Å²) in [6, 6.07) is 21.0. The summed E-state index contributed by atoms with van der Waals surface area (Å²) in [5.74, 6) is 0.0455. The number of aryl methyl sites for hydroxylation is 1. The van der Waals surface area contributed by atoms with Gasteiger partial charge in [0.2, 0.25) is 11.8 Å². The number of nitrogens with zero attached hydrogens (tertiary/aromatic N) is 7. The van der Waals surface area contributed by atoms with E-state index in [9.17, 15) is 28.8 Å². The van der Waals surface area contributed by atoms with Crippen LogP contribution in [0.2, 0.25) is 0 Å². The average molecular weight is 1150 g/mol. The van der Waals surface area contributed by atoms with Crippen LogP contribution in [0.25, 0.3) is 10.9 Å². The zero-order chi connectivity index (χ0) is 59.3. The average Bonchev–Trinajstić information content (AvgIpc) is 2.79. The number of ether oxygens (including phenoxy) is 2. The van der Waals surface area contributed by atoms with Crippen LogP contribution in [-0.4, -0.2) is 151 Å². The smallest absolute Gasteiger partial charge is 0.319 e. The number of likely N-dealkylation sites (tertiary alicyclic amines) is 1. The minimum absolute atomic E-state index is 0.00239. The highest BCUT2D eigenvalue weighted by Crippen LogP contribution is 2.41. The number of nitrogens with one attached hydrogen (secondary N) is 7. The maximum absolute atomic E-state index is 13.8. The van der Waals surface area contributed by atoms with Crippen LogP contribution in [0.15, 0.2) is 106 Å². The fourth-order valence-corrected chi connectivity index (χ4v) is 9.91. The highest BCUT2D eigenvalue weighted by molar-refractivity contribution is 6.29. The summed E-state index contributed by atoms with van der Waals surface area (Å²) in [6.45, 7) is 9.00. The third-order valence-corrected chi connectivity index (χ3v) is 14.6. The molecule has 2 aromatic heterocycles. The minimum atomic E-state index is -0.721. The van der Waals surface area contributed by atoms with E-state index >= 15 is 0 Å². The molecule has 0 radical (unpaired) electrons. The number of allylic oxidation sites excluding steroid dienone is 1. The van der Waals surface area contributed by atoms with Crippen LogP contribution in [0.5, 0.6) is 11.5 Å². The van der Waals surface area contributed by atoms with Crippen molar-refractivity contribution >= 4 is 75.3 Å². The van der Waals surface area contributed by atoms with Gasteiger partial charge in [-0.1, -0.05) is 48.0 Å². The largest absolute Gasteiger partial charge is 0.494 e. The maximum atomic E-state index is 13.8. The van der Waals surface area contributed by atoms with Crippen molar-refractivity contribution in [1.29, 1.82) is 0 Å². The van der Waals surface area contributed by atoms with Gasteiger partial charge in [0.25, 0.3) is 17.4 Å². The molecular weight excluding hydrogens is 1070 g/mol. The monoisotopic (exact) mass is 1150 g/mol. The summed E-state index contributed by atoms with van der Waals surface area (Å²) in [5, 5.41) is 26.1. The van der Waals surface area contributed by atoms with E-state index in [0.29, 0.717) is 95.8 Å². The lowest BCUT2D eigenvalue weighted by atomic mass is 9.96. The summed E-state index contributed by atoms with van der Waals surface area (Å²) in [7, 11) is 10.5. The van der Waals surface area contributed by atoms with Crippen molar-refractivity contribution in [3.8, 4) is 11.5 Å². The molecule has 5 aromatic rings. The third kappa shape index (κ3) is 15.5. The van der Waals surface area contributed by atoms with E-state index in [2.05, 4.69) is 52.0 Å². The van der Waals surface area contributed by atoms with Gasteiger partial charge in [-0.3, -0.25) is 29.1 Å². The summed E-state index contributed by atoms with van der Waals surface area (Å²) in [5.41, 5.74) is 9.79. The van der Waals surface area contributed by atoms with Crippen molar-refractivity contribution in [3.05, 3.63) is 129 Å². The van der Waals surface area contributed by atoms with Crippen LogP contribution < -0.4 is 52.7 Å². The minimum Gasteiger partial charge on any atom is -0.494 e. The fraction of sp³-hybridized carbons (Fsp3) is 0.414. The van der Waals surface area contributed by atoms with Gasteiger partial charge in [-0.05, 0) is 116 Å². The number of urea groups is 1. The number of guanidine groups is 1. The fourth-order valence-electron chi connectivity index (χ4n) is 9.82. The van der Waals surface area contributed by atoms with Crippen LogP contribution in [0.3, 0.4) is 0 Å². The van der Waals surface area contributed by atoms with E-state index in [4.69, 9.17) is 26.8 Å². The molecule has 0 bridgehead atoms. The third-order valence-electron chi connectivity index (χ3n) is 14.5. The maximum Gasteiger partial charge on any atom is 0.319 e. The zero-order valence-electron chi connectivity index (χ0n) is 48.1. The first-order valence-electron chi connectivity index (χ1n) is 27.2. The Labute approximate surface area is 482 Å². The number of aliphatic imine (C=N–C) groups is 1. The summed E-state index contributed by atoms with van der Waals surface area (Å²) in [4.78, 5) is 90.4. The Hall–Kier alpha value is -8.41. The van der Waals surface area contributed by atoms with Crippen LogP contribution in [-0.2, 0) is 33.5 Å². The summed E-state index contributed by atoms with van der Waals surface area (Å²) < 4.78 is 12.6. The molecule has 4 heterocycles. The number of likely N-dealkylation sites (N-methyl/N-ethyl adjacent to an activating group) is 3. The normalized spacial score (nSPS) is 15.0. The van der Waals surface area contributed by atoms with E-state index in [1.807, 2.05) is 75.1 Å². The number of piperidine rings is 1. The van der Waals surface area contributed by atoms with Crippen molar-refractivity contribution in [1.82, 2.24) is 50.3 Å². The van der Waals surface area contributed by atoms with Crippen molar-refractivity contribution in [2.24, 2.45) is 23.7 Å². The molecule has 438 valence electrons. The van der Waals surface area contributed by atoms with Crippen molar-refractivity contribution in [2.75, 3.05) is 97.1 Å². The Morgan fingerprint density at radius 1 is 0.963 bits per heavy atom. The number of hydrogen-bond acceptors (Lipinski definition) is 13. The number of aromatic amines is 1. The quantitative estimate of drug-likeness (QED) is 0.0171. The highest BCUT2D eigenvalue weighted by Gasteiger charge is 2.44. The first-order chi connectivity index (χ1) is 39.2. The van der Waals surface area contributed by atoms with Crippen molar-refractivity contribution < 1.29 is 33.4 Å². The molecule has 1 fully saturated rings. The van der Waals surface area contributed by atoms with Gasteiger partial charge in [0.15, 0.2) is 24.1 Å². The number of carbonyl (C=O) groups excluding carboxylic acids is 5. The number of rotatable bonds is 23. The number of pyridine rings is 1. The second-order valence-corrected chi connectivity index (χ2v) is 21.7. The van der Waals surface area contributed by atoms with E-state index in [-0.39, 0.29) is 66.5 Å². The van der Waals surface area contributed by atoms with E-state index in [1.165, 1.54) is 24.8 Å². The second-order valence-electron chi connectivity index (χ2n) is 21.1. The molecular formula is C58H76ClN15O8. The van der Waals surface area contributed by atoms with Gasteiger partial charge in [-0.15, -0.1) is 0 Å². The molecule has 2 aliphatic heterocycles. The molecule has 9 N–H and O–H groups in total. The molecule has 6 amide bonds. The van der Waals surface area contributed by atoms with Crippen LogP contribution in [0, 0.1) is 5.92 Å². The van der Waals surface area contributed by atoms with Gasteiger partial charge in [-0.25, -0.2) is 4.79 Å². The highest BCUT2D eigenvalue weighted by atomic mass is 35.5.